The summed E-state index contributed by atoms with van der Waals surface area (Å²) in [7, 11) is 0. The normalized spacial score (nSPS) is 28.8. The van der Waals surface area contributed by atoms with Crippen molar-refractivity contribution >= 4 is 23.4 Å². The summed E-state index contributed by atoms with van der Waals surface area (Å²) in [6.45, 7) is 1.84. The predicted octanol–water partition coefficient (Wildman–Crippen LogP) is 3.03. The van der Waals surface area contributed by atoms with Crippen molar-refractivity contribution in [3.8, 4) is 0 Å². The molecule has 5 rings (SSSR count). The fourth-order valence-corrected chi connectivity index (χ4v) is 6.47. The lowest BCUT2D eigenvalue weighted by Crippen LogP contribution is -2.48. The molecule has 4 bridgehead atoms. The summed E-state index contributed by atoms with van der Waals surface area (Å²) in [6, 6.07) is 7.62. The zero-order chi connectivity index (χ0) is 21.1. The lowest BCUT2D eigenvalue weighted by atomic mass is 9.49. The van der Waals surface area contributed by atoms with Gasteiger partial charge in [-0.2, -0.15) is 0 Å². The van der Waals surface area contributed by atoms with Crippen LogP contribution < -0.4 is 16.0 Å². The maximum atomic E-state index is 12.5. The number of rotatable bonds is 8. The number of nitrogens with one attached hydrogen (secondary N) is 3. The van der Waals surface area contributed by atoms with Crippen LogP contribution in [0.2, 0.25) is 0 Å². The number of para-hydroxylation sites is 1. The Bertz CT molecular complexity index is 784. The van der Waals surface area contributed by atoms with E-state index in [-0.39, 0.29) is 36.2 Å². The molecule has 30 heavy (non-hydrogen) atoms. The van der Waals surface area contributed by atoms with Crippen molar-refractivity contribution in [2.24, 2.45) is 23.2 Å². The average Bonchev–Trinajstić information content (AvgIpc) is 2.70. The van der Waals surface area contributed by atoms with Crippen LogP contribution in [0, 0.1) is 23.2 Å². The molecule has 0 saturated heterocycles. The van der Waals surface area contributed by atoms with Crippen LogP contribution in [-0.4, -0.2) is 30.8 Å². The Morgan fingerprint density at radius 2 is 1.43 bits per heavy atom. The van der Waals surface area contributed by atoms with E-state index in [9.17, 15) is 14.4 Å². The third-order valence-electron chi connectivity index (χ3n) is 7.27. The second kappa shape index (κ2) is 8.78. The second-order valence-corrected chi connectivity index (χ2v) is 9.71. The quantitative estimate of drug-likeness (QED) is 0.614. The highest BCUT2D eigenvalue weighted by atomic mass is 16.2. The molecule has 162 valence electrons. The van der Waals surface area contributed by atoms with E-state index in [1.54, 1.807) is 0 Å². The molecule has 4 saturated carbocycles. The van der Waals surface area contributed by atoms with Gasteiger partial charge in [0.15, 0.2) is 0 Å². The minimum atomic E-state index is -0.340. The third kappa shape index (κ3) is 4.85. The maximum absolute atomic E-state index is 12.5. The van der Waals surface area contributed by atoms with Gasteiger partial charge in [-0.3, -0.25) is 14.4 Å². The molecule has 0 radical (unpaired) electrons. The first-order valence-electron chi connectivity index (χ1n) is 11.4. The summed E-state index contributed by atoms with van der Waals surface area (Å²) in [4.78, 5) is 36.7. The van der Waals surface area contributed by atoms with Gasteiger partial charge < -0.3 is 16.0 Å². The first-order chi connectivity index (χ1) is 14.4. The van der Waals surface area contributed by atoms with Crippen LogP contribution in [0.25, 0.3) is 0 Å². The van der Waals surface area contributed by atoms with Crippen molar-refractivity contribution in [1.29, 1.82) is 0 Å². The third-order valence-corrected chi connectivity index (χ3v) is 7.27. The van der Waals surface area contributed by atoms with Gasteiger partial charge in [0.25, 0.3) is 0 Å². The van der Waals surface area contributed by atoms with Gasteiger partial charge in [0.2, 0.25) is 17.7 Å². The zero-order valence-corrected chi connectivity index (χ0v) is 17.8. The second-order valence-electron chi connectivity index (χ2n) is 9.71. The minimum Gasteiger partial charge on any atom is -0.347 e. The molecule has 0 aromatic heterocycles. The number of aryl methyl sites for hydroxylation is 1. The van der Waals surface area contributed by atoms with Crippen LogP contribution in [0.4, 0.5) is 5.69 Å². The Kier molecular flexibility index (Phi) is 6.11. The molecular weight excluding hydrogens is 378 g/mol. The molecule has 4 aliphatic rings. The highest BCUT2D eigenvalue weighted by Crippen LogP contribution is 2.61. The highest BCUT2D eigenvalue weighted by Gasteiger charge is 2.51. The molecule has 6 nitrogen and oxygen atoms in total. The van der Waals surface area contributed by atoms with Gasteiger partial charge >= 0.3 is 0 Å². The first-order valence-corrected chi connectivity index (χ1v) is 11.4. The number of carbonyl (C=O) groups is 3. The summed E-state index contributed by atoms with van der Waals surface area (Å²) >= 11 is 0. The molecule has 0 atom stereocenters. The molecule has 1 aromatic carbocycles. The minimum absolute atomic E-state index is 0.0339. The first kappa shape index (κ1) is 20.9. The Balaban J connectivity index is 1.18. The Labute approximate surface area is 178 Å². The summed E-state index contributed by atoms with van der Waals surface area (Å²) in [5, 5.41) is 8.18. The number of benzene rings is 1. The Hall–Kier alpha value is -2.37. The smallest absolute Gasteiger partial charge is 0.243 e. The molecule has 3 N–H and O–H groups in total. The van der Waals surface area contributed by atoms with Crippen LogP contribution in [0.3, 0.4) is 0 Å². The highest BCUT2D eigenvalue weighted by molar-refractivity contribution is 5.95. The summed E-state index contributed by atoms with van der Waals surface area (Å²) in [6.07, 6.45) is 8.96. The molecule has 4 aliphatic carbocycles. The predicted molar refractivity (Wildman–Crippen MR) is 116 cm³/mol. The fourth-order valence-electron chi connectivity index (χ4n) is 6.47. The van der Waals surface area contributed by atoms with E-state index >= 15 is 0 Å². The molecule has 6 heteroatoms. The van der Waals surface area contributed by atoms with E-state index in [2.05, 4.69) is 16.0 Å². The molecule has 0 unspecified atom stereocenters. The van der Waals surface area contributed by atoms with Crippen molar-refractivity contribution < 1.29 is 14.4 Å². The van der Waals surface area contributed by atoms with Gasteiger partial charge in [0.05, 0.1) is 13.1 Å². The van der Waals surface area contributed by atoms with Gasteiger partial charge in [0.1, 0.15) is 0 Å². The lowest BCUT2D eigenvalue weighted by molar-refractivity contribution is -0.132. The van der Waals surface area contributed by atoms with Crippen molar-refractivity contribution in [3.63, 3.8) is 0 Å². The van der Waals surface area contributed by atoms with Crippen LogP contribution in [-0.2, 0) is 20.8 Å². The molecule has 0 spiro atoms. The SMILES string of the molecule is CCc1ccccc1NC(=O)CNC(=O)CNC(=O)CC12CC3CC(CC(C3)C1)C2. The number of carbonyl (C=O) groups excluding carboxylic acids is 3. The molecule has 3 amide bonds. The Morgan fingerprint density at radius 1 is 0.867 bits per heavy atom. The van der Waals surface area contributed by atoms with Gasteiger partial charge in [-0.1, -0.05) is 25.1 Å². The summed E-state index contributed by atoms with van der Waals surface area (Å²) < 4.78 is 0. The van der Waals surface area contributed by atoms with Gasteiger partial charge in [-0.25, -0.2) is 0 Å². The fraction of sp³-hybridized carbons (Fsp3) is 0.625. The van der Waals surface area contributed by atoms with E-state index in [1.807, 2.05) is 31.2 Å². The van der Waals surface area contributed by atoms with Crippen molar-refractivity contribution in [2.75, 3.05) is 18.4 Å². The lowest BCUT2D eigenvalue weighted by Gasteiger charge is -2.56. The van der Waals surface area contributed by atoms with E-state index in [4.69, 9.17) is 0 Å². The van der Waals surface area contributed by atoms with Crippen LogP contribution >= 0.6 is 0 Å². The van der Waals surface area contributed by atoms with E-state index in [1.165, 1.54) is 38.5 Å². The molecule has 4 fully saturated rings. The zero-order valence-electron chi connectivity index (χ0n) is 17.8. The standard InChI is InChI=1S/C24H33N3O3/c1-2-19-5-3-4-6-20(19)27-23(30)15-26-22(29)14-25-21(28)13-24-10-16-7-17(11-24)9-18(8-16)12-24/h3-6,16-18H,2,7-15H2,1H3,(H,25,28)(H,26,29)(H,27,30). The van der Waals surface area contributed by atoms with Crippen LogP contribution in [0.1, 0.15) is 57.4 Å². The van der Waals surface area contributed by atoms with E-state index < -0.39 is 0 Å². The van der Waals surface area contributed by atoms with Crippen LogP contribution in [0.5, 0.6) is 0 Å². The maximum Gasteiger partial charge on any atom is 0.243 e. The number of hydrogen-bond acceptors (Lipinski definition) is 3. The topological polar surface area (TPSA) is 87.3 Å². The van der Waals surface area contributed by atoms with Crippen molar-refractivity contribution in [2.45, 2.75) is 58.3 Å². The van der Waals surface area contributed by atoms with Gasteiger partial charge in [-0.05, 0) is 79.7 Å². The number of amides is 3. The van der Waals surface area contributed by atoms with Crippen molar-refractivity contribution in [3.05, 3.63) is 29.8 Å². The van der Waals surface area contributed by atoms with E-state index in [0.717, 1.165) is 35.4 Å². The largest absolute Gasteiger partial charge is 0.347 e. The summed E-state index contributed by atoms with van der Waals surface area (Å²) in [5.41, 5.74) is 1.99. The number of hydrogen-bond donors (Lipinski definition) is 3. The van der Waals surface area contributed by atoms with Gasteiger partial charge in [-0.15, -0.1) is 0 Å². The molecule has 0 aliphatic heterocycles. The monoisotopic (exact) mass is 411 g/mol. The average molecular weight is 412 g/mol. The molecule has 0 heterocycles. The molecule has 1 aromatic rings. The van der Waals surface area contributed by atoms with E-state index in [0.29, 0.717) is 6.42 Å². The number of anilines is 1. The van der Waals surface area contributed by atoms with Crippen LogP contribution in [0.15, 0.2) is 24.3 Å². The van der Waals surface area contributed by atoms with Gasteiger partial charge in [0, 0.05) is 12.1 Å². The summed E-state index contributed by atoms with van der Waals surface area (Å²) in [5.74, 6) is 1.78. The van der Waals surface area contributed by atoms with Crippen molar-refractivity contribution in [1.82, 2.24) is 10.6 Å². The Morgan fingerprint density at radius 3 is 2.07 bits per heavy atom. The molecular formula is C24H33N3O3.